The van der Waals surface area contributed by atoms with E-state index in [1.807, 2.05) is 24.1 Å². The molecule has 0 radical (unpaired) electrons. The van der Waals surface area contributed by atoms with Gasteiger partial charge in [0.25, 0.3) is 0 Å². The zero-order chi connectivity index (χ0) is 13.7. The topological polar surface area (TPSA) is 66.3 Å². The van der Waals surface area contributed by atoms with Crippen LogP contribution in [0.15, 0.2) is 29.9 Å². The Morgan fingerprint density at radius 2 is 2.16 bits per heavy atom. The van der Waals surface area contributed by atoms with Crippen molar-refractivity contribution in [3.05, 3.63) is 41.2 Å². The maximum atomic E-state index is 10.6. The van der Waals surface area contributed by atoms with Crippen molar-refractivity contribution in [3.8, 4) is 0 Å². The lowest BCUT2D eigenvalue weighted by atomic mass is 10.2. The quantitative estimate of drug-likeness (QED) is 0.872. The van der Waals surface area contributed by atoms with Gasteiger partial charge in [0.15, 0.2) is 5.13 Å². The van der Waals surface area contributed by atoms with Crippen LogP contribution in [0, 0.1) is 0 Å². The molecule has 0 aliphatic heterocycles. The van der Waals surface area contributed by atoms with Crippen molar-refractivity contribution in [2.24, 2.45) is 0 Å². The van der Waals surface area contributed by atoms with Crippen molar-refractivity contribution >= 4 is 22.4 Å². The van der Waals surface area contributed by atoms with Crippen molar-refractivity contribution in [1.82, 2.24) is 9.97 Å². The number of hydrogen-bond acceptors (Lipinski definition) is 5. The number of likely N-dealkylation sites (N-methyl/N-ethyl adjacent to an activating group) is 1. The summed E-state index contributed by atoms with van der Waals surface area (Å²) in [7, 11) is 1.96. The number of hydrogen-bond donors (Lipinski definition) is 1. The van der Waals surface area contributed by atoms with E-state index in [0.717, 1.165) is 18.1 Å². The molecule has 6 heteroatoms. The Morgan fingerprint density at radius 3 is 2.84 bits per heavy atom. The number of aliphatic carboxylic acids is 1. The van der Waals surface area contributed by atoms with Crippen molar-refractivity contribution in [2.75, 3.05) is 18.5 Å². The average Bonchev–Trinajstić information content (AvgIpc) is 2.85. The van der Waals surface area contributed by atoms with E-state index in [2.05, 4.69) is 9.97 Å². The fourth-order valence-electron chi connectivity index (χ4n) is 1.65. The Hall–Kier alpha value is -1.95. The van der Waals surface area contributed by atoms with Crippen LogP contribution in [0.1, 0.15) is 11.3 Å². The molecule has 0 spiro atoms. The molecule has 1 N–H and O–H groups in total. The highest BCUT2D eigenvalue weighted by molar-refractivity contribution is 7.13. The van der Waals surface area contributed by atoms with E-state index in [-0.39, 0.29) is 6.42 Å². The molecule has 100 valence electrons. The van der Waals surface area contributed by atoms with Crippen LogP contribution in [0.2, 0.25) is 0 Å². The van der Waals surface area contributed by atoms with Gasteiger partial charge < -0.3 is 10.0 Å². The lowest BCUT2D eigenvalue weighted by molar-refractivity contribution is -0.136. The molecule has 0 fully saturated rings. The SMILES string of the molecule is CN(CCc1ccncc1)c1nc(CC(=O)O)cs1. The molecule has 2 aromatic heterocycles. The molecular formula is C13H15N3O2S. The van der Waals surface area contributed by atoms with Crippen LogP contribution in [0.25, 0.3) is 0 Å². The summed E-state index contributed by atoms with van der Waals surface area (Å²) >= 11 is 1.47. The fourth-order valence-corrected chi connectivity index (χ4v) is 2.47. The van der Waals surface area contributed by atoms with E-state index in [1.54, 1.807) is 17.8 Å². The van der Waals surface area contributed by atoms with Crippen LogP contribution in [0.3, 0.4) is 0 Å². The first-order chi connectivity index (χ1) is 9.15. The highest BCUT2D eigenvalue weighted by atomic mass is 32.1. The molecule has 19 heavy (non-hydrogen) atoms. The lowest BCUT2D eigenvalue weighted by Gasteiger charge is -2.15. The number of thiazole rings is 1. The normalized spacial score (nSPS) is 10.4. The van der Waals surface area contributed by atoms with Crippen molar-refractivity contribution < 1.29 is 9.90 Å². The van der Waals surface area contributed by atoms with Crippen LogP contribution < -0.4 is 4.90 Å². The van der Waals surface area contributed by atoms with Gasteiger partial charge in [0.1, 0.15) is 0 Å². The Balaban J connectivity index is 1.91. The van der Waals surface area contributed by atoms with Crippen LogP contribution in [-0.2, 0) is 17.6 Å². The number of anilines is 1. The number of carboxylic acids is 1. The van der Waals surface area contributed by atoms with Crippen LogP contribution in [-0.4, -0.2) is 34.6 Å². The van der Waals surface area contributed by atoms with E-state index >= 15 is 0 Å². The summed E-state index contributed by atoms with van der Waals surface area (Å²) in [5, 5.41) is 11.4. The predicted octanol–water partition coefficient (Wildman–Crippen LogP) is 1.84. The van der Waals surface area contributed by atoms with Gasteiger partial charge in [-0.1, -0.05) is 0 Å². The summed E-state index contributed by atoms with van der Waals surface area (Å²) < 4.78 is 0. The third kappa shape index (κ3) is 4.03. The zero-order valence-electron chi connectivity index (χ0n) is 10.6. The minimum Gasteiger partial charge on any atom is -0.481 e. The van der Waals surface area contributed by atoms with E-state index < -0.39 is 5.97 Å². The van der Waals surface area contributed by atoms with Crippen molar-refractivity contribution in [3.63, 3.8) is 0 Å². The second-order valence-corrected chi connectivity index (χ2v) is 5.06. The molecule has 0 amide bonds. The highest BCUT2D eigenvalue weighted by Gasteiger charge is 2.09. The minimum atomic E-state index is -0.851. The van der Waals surface area contributed by atoms with Gasteiger partial charge in [-0.3, -0.25) is 9.78 Å². The second-order valence-electron chi connectivity index (χ2n) is 4.22. The van der Waals surface area contributed by atoms with Gasteiger partial charge in [0.2, 0.25) is 0 Å². The second kappa shape index (κ2) is 6.29. The molecule has 0 aromatic carbocycles. The molecule has 2 heterocycles. The maximum Gasteiger partial charge on any atom is 0.309 e. The van der Waals surface area contributed by atoms with E-state index in [1.165, 1.54) is 16.9 Å². The number of carbonyl (C=O) groups is 1. The zero-order valence-corrected chi connectivity index (χ0v) is 11.4. The maximum absolute atomic E-state index is 10.6. The monoisotopic (exact) mass is 277 g/mol. The first-order valence-electron chi connectivity index (χ1n) is 5.91. The van der Waals surface area contributed by atoms with Crippen molar-refractivity contribution in [1.29, 1.82) is 0 Å². The van der Waals surface area contributed by atoms with Gasteiger partial charge in [0, 0.05) is 31.4 Å². The van der Waals surface area contributed by atoms with E-state index in [0.29, 0.717) is 5.69 Å². The Labute approximate surface area is 115 Å². The fraction of sp³-hybridized carbons (Fsp3) is 0.308. The predicted molar refractivity (Wildman–Crippen MR) is 74.7 cm³/mol. The molecule has 0 atom stereocenters. The third-order valence-electron chi connectivity index (χ3n) is 2.68. The number of rotatable bonds is 6. The van der Waals surface area contributed by atoms with Gasteiger partial charge in [0.05, 0.1) is 12.1 Å². The highest BCUT2D eigenvalue weighted by Crippen LogP contribution is 2.19. The van der Waals surface area contributed by atoms with Crippen LogP contribution >= 0.6 is 11.3 Å². The lowest BCUT2D eigenvalue weighted by Crippen LogP contribution is -2.20. The van der Waals surface area contributed by atoms with Gasteiger partial charge in [-0.2, -0.15) is 0 Å². The molecule has 0 unspecified atom stereocenters. The molecule has 0 aliphatic carbocycles. The number of pyridine rings is 1. The summed E-state index contributed by atoms with van der Waals surface area (Å²) in [5.41, 5.74) is 1.84. The standard InChI is InChI=1S/C13H15N3O2S/c1-16(7-4-10-2-5-14-6-3-10)13-15-11(9-19-13)8-12(17)18/h2-3,5-6,9H,4,7-8H2,1H3,(H,17,18). The first-order valence-corrected chi connectivity index (χ1v) is 6.79. The van der Waals surface area contributed by atoms with Gasteiger partial charge in [-0.15, -0.1) is 11.3 Å². The summed E-state index contributed by atoms with van der Waals surface area (Å²) in [6, 6.07) is 3.98. The number of aromatic nitrogens is 2. The van der Waals surface area contributed by atoms with Crippen LogP contribution in [0.5, 0.6) is 0 Å². The smallest absolute Gasteiger partial charge is 0.309 e. The summed E-state index contributed by atoms with van der Waals surface area (Å²) in [5.74, 6) is -0.851. The molecule has 2 aromatic rings. The summed E-state index contributed by atoms with van der Waals surface area (Å²) in [6.07, 6.45) is 4.45. The third-order valence-corrected chi connectivity index (χ3v) is 3.69. The molecule has 5 nitrogen and oxygen atoms in total. The molecular weight excluding hydrogens is 262 g/mol. The van der Waals surface area contributed by atoms with Gasteiger partial charge in [-0.05, 0) is 24.1 Å². The first kappa shape index (κ1) is 13.5. The molecule has 0 saturated carbocycles. The van der Waals surface area contributed by atoms with Crippen LogP contribution in [0.4, 0.5) is 5.13 Å². The summed E-state index contributed by atoms with van der Waals surface area (Å²) in [4.78, 5) is 20.9. The molecule has 2 rings (SSSR count). The van der Waals surface area contributed by atoms with E-state index in [9.17, 15) is 4.79 Å². The van der Waals surface area contributed by atoms with Gasteiger partial charge in [-0.25, -0.2) is 4.98 Å². The van der Waals surface area contributed by atoms with E-state index in [4.69, 9.17) is 5.11 Å². The Kier molecular flexibility index (Phi) is 4.46. The molecule has 0 saturated heterocycles. The Morgan fingerprint density at radius 1 is 1.42 bits per heavy atom. The minimum absolute atomic E-state index is 0.0192. The average molecular weight is 277 g/mol. The number of nitrogens with zero attached hydrogens (tertiary/aromatic N) is 3. The Bertz CT molecular complexity index is 542. The van der Waals surface area contributed by atoms with Crippen molar-refractivity contribution in [2.45, 2.75) is 12.8 Å². The number of carboxylic acid groups (broad SMARTS) is 1. The van der Waals surface area contributed by atoms with Gasteiger partial charge >= 0.3 is 5.97 Å². The molecule has 0 aliphatic rings. The largest absolute Gasteiger partial charge is 0.481 e. The summed E-state index contributed by atoms with van der Waals surface area (Å²) in [6.45, 7) is 0.837. The molecule has 0 bridgehead atoms.